The van der Waals surface area contributed by atoms with Gasteiger partial charge in [-0.05, 0) is 67.8 Å². The van der Waals surface area contributed by atoms with Gasteiger partial charge in [0, 0.05) is 11.4 Å². The van der Waals surface area contributed by atoms with E-state index in [2.05, 4.69) is 10.0 Å². The van der Waals surface area contributed by atoms with Gasteiger partial charge in [0.1, 0.15) is 0 Å². The van der Waals surface area contributed by atoms with Crippen molar-refractivity contribution in [3.63, 3.8) is 0 Å². The van der Waals surface area contributed by atoms with Crippen LogP contribution in [-0.2, 0) is 19.9 Å². The van der Waals surface area contributed by atoms with Crippen LogP contribution in [0.25, 0.3) is 0 Å². The summed E-state index contributed by atoms with van der Waals surface area (Å²) in [6, 6.07) is 9.39. The molecular weight excluding hydrogens is 400 g/mol. The van der Waals surface area contributed by atoms with E-state index < -0.39 is 32.0 Å². The first-order valence-corrected chi connectivity index (χ1v) is 12.1. The number of aryl methyl sites for hydroxylation is 3. The van der Waals surface area contributed by atoms with Crippen LogP contribution in [0.4, 0.5) is 11.4 Å². The Bertz CT molecular complexity index is 1090. The molecule has 28 heavy (non-hydrogen) atoms. The Balaban J connectivity index is 1.75. The van der Waals surface area contributed by atoms with Crippen LogP contribution in [0.2, 0.25) is 0 Å². The van der Waals surface area contributed by atoms with Crippen LogP contribution in [0.15, 0.2) is 41.3 Å². The zero-order chi connectivity index (χ0) is 20.7. The molecule has 1 heterocycles. The number of rotatable bonds is 5. The van der Waals surface area contributed by atoms with Crippen molar-refractivity contribution in [2.45, 2.75) is 37.8 Å². The molecule has 1 fully saturated rings. The number of sulfonamides is 1. The van der Waals surface area contributed by atoms with Crippen molar-refractivity contribution in [2.75, 3.05) is 21.5 Å². The van der Waals surface area contributed by atoms with Crippen molar-refractivity contribution in [1.29, 1.82) is 0 Å². The molecule has 2 aromatic carbocycles. The van der Waals surface area contributed by atoms with E-state index in [1.54, 1.807) is 37.3 Å². The van der Waals surface area contributed by atoms with Crippen molar-refractivity contribution in [3.8, 4) is 0 Å². The van der Waals surface area contributed by atoms with Crippen LogP contribution < -0.4 is 10.0 Å². The molecule has 0 aliphatic carbocycles. The maximum atomic E-state index is 12.7. The Morgan fingerprint density at radius 2 is 1.50 bits per heavy atom. The number of aliphatic hydroxyl groups is 1. The number of hydrogen-bond donors (Lipinski definition) is 3. The standard InChI is InChI=1S/C19H24N2O5S2/c1-12-8-14(3)19(9-13(12)2)28(25,26)21-16-6-4-15(5-7-16)20-17-10-27(23,24)11-18(17)22/h4-9,17-18,20-22H,10-11H2,1-3H3/t17-,18-/m1/s1. The van der Waals surface area contributed by atoms with Crippen LogP contribution >= 0.6 is 0 Å². The van der Waals surface area contributed by atoms with E-state index in [0.29, 0.717) is 16.9 Å². The summed E-state index contributed by atoms with van der Waals surface area (Å²) in [5, 5.41) is 12.8. The Hall–Kier alpha value is -2.10. The molecule has 1 saturated heterocycles. The summed E-state index contributed by atoms with van der Waals surface area (Å²) in [5.74, 6) is -0.382. The van der Waals surface area contributed by atoms with Gasteiger partial charge in [-0.2, -0.15) is 0 Å². The van der Waals surface area contributed by atoms with E-state index in [9.17, 15) is 21.9 Å². The Morgan fingerprint density at radius 1 is 0.929 bits per heavy atom. The first-order valence-electron chi connectivity index (χ1n) is 8.83. The fraction of sp³-hybridized carbons (Fsp3) is 0.368. The molecule has 9 heteroatoms. The molecule has 0 radical (unpaired) electrons. The second-order valence-electron chi connectivity index (χ2n) is 7.28. The normalized spacial score (nSPS) is 21.4. The molecule has 0 saturated carbocycles. The summed E-state index contributed by atoms with van der Waals surface area (Å²) in [7, 11) is -6.97. The SMILES string of the molecule is Cc1cc(C)c(S(=O)(=O)Nc2ccc(N[C@@H]3CS(=O)(=O)C[C@H]3O)cc2)cc1C. The zero-order valence-electron chi connectivity index (χ0n) is 15.9. The van der Waals surface area contributed by atoms with Gasteiger partial charge in [-0.1, -0.05) is 6.07 Å². The molecule has 0 amide bonds. The maximum absolute atomic E-state index is 12.7. The Kier molecular flexibility index (Phi) is 5.44. The predicted molar refractivity (Wildman–Crippen MR) is 110 cm³/mol. The fourth-order valence-electron chi connectivity index (χ4n) is 3.25. The quantitative estimate of drug-likeness (QED) is 0.677. The summed E-state index contributed by atoms with van der Waals surface area (Å²) in [6.07, 6.45) is -0.962. The van der Waals surface area contributed by atoms with Gasteiger partial charge in [-0.25, -0.2) is 16.8 Å². The van der Waals surface area contributed by atoms with Crippen molar-refractivity contribution in [2.24, 2.45) is 0 Å². The minimum atomic E-state index is -3.73. The Labute approximate surface area is 165 Å². The lowest BCUT2D eigenvalue weighted by Crippen LogP contribution is -2.31. The second kappa shape index (κ2) is 7.38. The molecule has 152 valence electrons. The highest BCUT2D eigenvalue weighted by atomic mass is 32.2. The van der Waals surface area contributed by atoms with Crippen LogP contribution in [0.1, 0.15) is 16.7 Å². The molecule has 3 N–H and O–H groups in total. The predicted octanol–water partition coefficient (Wildman–Crippen LogP) is 1.98. The van der Waals surface area contributed by atoms with Crippen LogP contribution in [0.5, 0.6) is 0 Å². The first kappa shape index (κ1) is 20.6. The average Bonchev–Trinajstić information content (AvgIpc) is 2.84. The third-order valence-corrected chi connectivity index (χ3v) is 8.13. The van der Waals surface area contributed by atoms with Crippen molar-refractivity contribution in [3.05, 3.63) is 53.1 Å². The van der Waals surface area contributed by atoms with E-state index in [4.69, 9.17) is 0 Å². The van der Waals surface area contributed by atoms with E-state index in [1.807, 2.05) is 19.9 Å². The molecule has 0 unspecified atom stereocenters. The van der Waals surface area contributed by atoms with Gasteiger partial charge in [0.05, 0.1) is 28.5 Å². The van der Waals surface area contributed by atoms with Gasteiger partial charge in [0.15, 0.2) is 9.84 Å². The van der Waals surface area contributed by atoms with Gasteiger partial charge in [0.25, 0.3) is 10.0 Å². The van der Waals surface area contributed by atoms with E-state index in [-0.39, 0.29) is 16.4 Å². The number of aliphatic hydroxyl groups excluding tert-OH is 1. The summed E-state index contributed by atoms with van der Waals surface area (Å²) in [5.41, 5.74) is 3.60. The molecule has 2 aromatic rings. The lowest BCUT2D eigenvalue weighted by Gasteiger charge is -2.17. The van der Waals surface area contributed by atoms with E-state index >= 15 is 0 Å². The number of hydrogen-bond acceptors (Lipinski definition) is 6. The molecule has 1 aliphatic heterocycles. The average molecular weight is 425 g/mol. The molecular formula is C19H24N2O5S2. The highest BCUT2D eigenvalue weighted by Gasteiger charge is 2.36. The second-order valence-corrected chi connectivity index (χ2v) is 11.1. The minimum absolute atomic E-state index is 0.130. The largest absolute Gasteiger partial charge is 0.390 e. The summed E-state index contributed by atoms with van der Waals surface area (Å²) < 4.78 is 51.2. The lowest BCUT2D eigenvalue weighted by molar-refractivity contribution is 0.190. The minimum Gasteiger partial charge on any atom is -0.390 e. The monoisotopic (exact) mass is 424 g/mol. The van der Waals surface area contributed by atoms with Crippen LogP contribution in [0.3, 0.4) is 0 Å². The highest BCUT2D eigenvalue weighted by molar-refractivity contribution is 7.92. The van der Waals surface area contributed by atoms with Gasteiger partial charge in [0.2, 0.25) is 0 Å². The summed E-state index contributed by atoms with van der Waals surface area (Å²) >= 11 is 0. The zero-order valence-corrected chi connectivity index (χ0v) is 17.6. The van der Waals surface area contributed by atoms with Gasteiger partial charge < -0.3 is 10.4 Å². The van der Waals surface area contributed by atoms with E-state index in [0.717, 1.165) is 11.1 Å². The highest BCUT2D eigenvalue weighted by Crippen LogP contribution is 2.24. The summed E-state index contributed by atoms with van der Waals surface area (Å²) in [6.45, 7) is 5.56. The van der Waals surface area contributed by atoms with Crippen molar-refractivity contribution in [1.82, 2.24) is 0 Å². The Morgan fingerprint density at radius 3 is 2.07 bits per heavy atom. The van der Waals surface area contributed by atoms with Gasteiger partial charge >= 0.3 is 0 Å². The molecule has 0 spiro atoms. The number of sulfone groups is 1. The maximum Gasteiger partial charge on any atom is 0.262 e. The number of anilines is 2. The van der Waals surface area contributed by atoms with Crippen molar-refractivity contribution >= 4 is 31.2 Å². The molecule has 7 nitrogen and oxygen atoms in total. The third-order valence-electron chi connectivity index (χ3n) is 4.89. The lowest BCUT2D eigenvalue weighted by atomic mass is 10.1. The van der Waals surface area contributed by atoms with E-state index in [1.165, 1.54) is 0 Å². The number of nitrogens with one attached hydrogen (secondary N) is 2. The van der Waals surface area contributed by atoms with Crippen molar-refractivity contribution < 1.29 is 21.9 Å². The molecule has 1 aliphatic rings. The smallest absolute Gasteiger partial charge is 0.262 e. The molecule has 3 rings (SSSR count). The van der Waals surface area contributed by atoms with Gasteiger partial charge in [-0.3, -0.25) is 4.72 Å². The molecule has 0 aromatic heterocycles. The summed E-state index contributed by atoms with van der Waals surface area (Å²) in [4.78, 5) is 0.233. The topological polar surface area (TPSA) is 113 Å². The fourth-order valence-corrected chi connectivity index (χ4v) is 6.36. The van der Waals surface area contributed by atoms with Gasteiger partial charge in [-0.15, -0.1) is 0 Å². The first-order chi connectivity index (χ1) is 13.0. The number of benzene rings is 2. The molecule has 0 bridgehead atoms. The molecule has 2 atom stereocenters. The van der Waals surface area contributed by atoms with Crippen LogP contribution in [-0.4, -0.2) is 45.6 Å². The third kappa shape index (κ3) is 4.48. The van der Waals surface area contributed by atoms with Crippen LogP contribution in [0, 0.1) is 20.8 Å².